The lowest BCUT2D eigenvalue weighted by Gasteiger charge is -2.22. The van der Waals surface area contributed by atoms with Gasteiger partial charge in [-0.05, 0) is 50.0 Å². The van der Waals surface area contributed by atoms with E-state index in [1.807, 2.05) is 18.2 Å². The second-order valence-electron chi connectivity index (χ2n) is 5.18. The summed E-state index contributed by atoms with van der Waals surface area (Å²) < 4.78 is 11.0. The van der Waals surface area contributed by atoms with Crippen LogP contribution in [0.1, 0.15) is 29.6 Å². The number of Topliss-reactive ketones (excluding diaryl/α,β-unsaturated/α-hetero) is 1. The largest absolute Gasteiger partial charge is 0.486 e. The molecule has 1 aromatic carbocycles. The van der Waals surface area contributed by atoms with Gasteiger partial charge in [0.05, 0.1) is 0 Å². The summed E-state index contributed by atoms with van der Waals surface area (Å²) in [5.41, 5.74) is 0.739. The van der Waals surface area contributed by atoms with E-state index in [-0.39, 0.29) is 5.78 Å². The number of ketones is 1. The smallest absolute Gasteiger partial charge is 0.163 e. The summed E-state index contributed by atoms with van der Waals surface area (Å²) in [4.78, 5) is 12.3. The molecule has 0 aliphatic carbocycles. The molecule has 3 rings (SSSR count). The van der Waals surface area contributed by atoms with Crippen LogP contribution in [0.4, 0.5) is 0 Å². The molecule has 4 heteroatoms. The topological polar surface area (TPSA) is 47.6 Å². The molecule has 0 bridgehead atoms. The fourth-order valence-corrected chi connectivity index (χ4v) is 2.68. The van der Waals surface area contributed by atoms with Crippen LogP contribution in [0.5, 0.6) is 11.5 Å². The monoisotopic (exact) mass is 261 g/mol. The summed E-state index contributed by atoms with van der Waals surface area (Å²) in [5.74, 6) is 2.16. The summed E-state index contributed by atoms with van der Waals surface area (Å²) in [7, 11) is 0. The highest BCUT2D eigenvalue weighted by Crippen LogP contribution is 2.31. The Hall–Kier alpha value is -1.55. The fraction of sp³-hybridized carbons (Fsp3) is 0.533. The van der Waals surface area contributed by atoms with Crippen molar-refractivity contribution in [3.8, 4) is 11.5 Å². The van der Waals surface area contributed by atoms with Crippen LogP contribution in [0, 0.1) is 5.92 Å². The number of piperidine rings is 1. The molecule has 1 fully saturated rings. The summed E-state index contributed by atoms with van der Waals surface area (Å²) in [5, 5.41) is 3.32. The standard InChI is InChI=1S/C15H19NO3/c17-13(9-11-3-5-16-6-4-11)12-1-2-14-15(10-12)19-8-7-18-14/h1-2,10-11,16H,3-9H2. The maximum Gasteiger partial charge on any atom is 0.163 e. The first-order valence-corrected chi connectivity index (χ1v) is 6.96. The van der Waals surface area contributed by atoms with Crippen LogP contribution in [0.15, 0.2) is 18.2 Å². The number of ether oxygens (including phenoxy) is 2. The van der Waals surface area contributed by atoms with Crippen molar-refractivity contribution in [2.75, 3.05) is 26.3 Å². The second kappa shape index (κ2) is 5.61. The Morgan fingerprint density at radius 3 is 2.68 bits per heavy atom. The number of hydrogen-bond acceptors (Lipinski definition) is 4. The number of fused-ring (bicyclic) bond motifs is 1. The van der Waals surface area contributed by atoms with Crippen LogP contribution in [-0.4, -0.2) is 32.1 Å². The van der Waals surface area contributed by atoms with Crippen molar-refractivity contribution in [3.05, 3.63) is 23.8 Å². The number of carbonyl (C=O) groups is 1. The molecule has 0 spiro atoms. The minimum absolute atomic E-state index is 0.212. The average molecular weight is 261 g/mol. The van der Waals surface area contributed by atoms with Gasteiger partial charge in [-0.15, -0.1) is 0 Å². The number of hydrogen-bond donors (Lipinski definition) is 1. The van der Waals surface area contributed by atoms with E-state index in [0.29, 0.717) is 31.3 Å². The lowest BCUT2D eigenvalue weighted by atomic mass is 9.90. The molecule has 0 saturated carbocycles. The zero-order valence-electron chi connectivity index (χ0n) is 11.0. The molecular weight excluding hydrogens is 242 g/mol. The quantitative estimate of drug-likeness (QED) is 0.846. The molecule has 1 saturated heterocycles. The molecule has 2 heterocycles. The van der Waals surface area contributed by atoms with E-state index in [2.05, 4.69) is 5.32 Å². The molecule has 19 heavy (non-hydrogen) atoms. The maximum atomic E-state index is 12.3. The van der Waals surface area contributed by atoms with E-state index < -0.39 is 0 Å². The van der Waals surface area contributed by atoms with Gasteiger partial charge < -0.3 is 14.8 Å². The highest BCUT2D eigenvalue weighted by Gasteiger charge is 2.19. The van der Waals surface area contributed by atoms with Crippen molar-refractivity contribution in [1.29, 1.82) is 0 Å². The first-order valence-electron chi connectivity index (χ1n) is 6.96. The van der Waals surface area contributed by atoms with Gasteiger partial charge in [0, 0.05) is 12.0 Å². The van der Waals surface area contributed by atoms with Crippen molar-refractivity contribution < 1.29 is 14.3 Å². The Morgan fingerprint density at radius 1 is 1.16 bits per heavy atom. The third kappa shape index (κ3) is 2.89. The maximum absolute atomic E-state index is 12.3. The fourth-order valence-electron chi connectivity index (χ4n) is 2.68. The Bertz CT molecular complexity index is 466. The van der Waals surface area contributed by atoms with Gasteiger partial charge in [0.1, 0.15) is 13.2 Å². The Morgan fingerprint density at radius 2 is 1.89 bits per heavy atom. The van der Waals surface area contributed by atoms with Gasteiger partial charge in [0.15, 0.2) is 17.3 Å². The normalized spacial score (nSPS) is 19.2. The van der Waals surface area contributed by atoms with Crippen LogP contribution in [0.2, 0.25) is 0 Å². The predicted octanol–water partition coefficient (Wildman–Crippen LogP) is 2.03. The van der Waals surface area contributed by atoms with Crippen LogP contribution in [0.3, 0.4) is 0 Å². The third-order valence-corrected chi connectivity index (χ3v) is 3.80. The molecule has 0 unspecified atom stereocenters. The van der Waals surface area contributed by atoms with Crippen LogP contribution in [-0.2, 0) is 0 Å². The zero-order chi connectivity index (χ0) is 13.1. The van der Waals surface area contributed by atoms with Crippen molar-refractivity contribution in [2.24, 2.45) is 5.92 Å². The number of carbonyl (C=O) groups excluding carboxylic acids is 1. The van der Waals surface area contributed by atoms with Gasteiger partial charge in [0.25, 0.3) is 0 Å². The summed E-state index contributed by atoms with van der Waals surface area (Å²) >= 11 is 0. The molecule has 0 radical (unpaired) electrons. The minimum Gasteiger partial charge on any atom is -0.486 e. The summed E-state index contributed by atoms with van der Waals surface area (Å²) in [6.45, 7) is 3.19. The molecule has 2 aliphatic heterocycles. The minimum atomic E-state index is 0.212. The summed E-state index contributed by atoms with van der Waals surface area (Å²) in [6.07, 6.45) is 2.83. The number of rotatable bonds is 3. The molecule has 0 amide bonds. The van der Waals surface area contributed by atoms with Crippen molar-refractivity contribution in [3.63, 3.8) is 0 Å². The van der Waals surface area contributed by atoms with Gasteiger partial charge in [-0.1, -0.05) is 0 Å². The van der Waals surface area contributed by atoms with Crippen LogP contribution >= 0.6 is 0 Å². The first-order chi connectivity index (χ1) is 9.33. The van der Waals surface area contributed by atoms with E-state index >= 15 is 0 Å². The second-order valence-corrected chi connectivity index (χ2v) is 5.18. The molecule has 102 valence electrons. The first kappa shape index (κ1) is 12.5. The highest BCUT2D eigenvalue weighted by molar-refractivity contribution is 5.96. The molecule has 0 aromatic heterocycles. The van der Waals surface area contributed by atoms with Crippen molar-refractivity contribution in [1.82, 2.24) is 5.32 Å². The van der Waals surface area contributed by atoms with Gasteiger partial charge in [-0.25, -0.2) is 0 Å². The van der Waals surface area contributed by atoms with E-state index in [9.17, 15) is 4.79 Å². The Balaban J connectivity index is 1.69. The van der Waals surface area contributed by atoms with Gasteiger partial charge in [-0.3, -0.25) is 4.79 Å². The lowest BCUT2D eigenvalue weighted by molar-refractivity contribution is 0.0951. The molecular formula is C15H19NO3. The molecule has 2 aliphatic rings. The van der Waals surface area contributed by atoms with E-state index in [1.54, 1.807) is 0 Å². The van der Waals surface area contributed by atoms with Crippen molar-refractivity contribution in [2.45, 2.75) is 19.3 Å². The van der Waals surface area contributed by atoms with E-state index in [4.69, 9.17) is 9.47 Å². The molecule has 1 aromatic rings. The zero-order valence-corrected chi connectivity index (χ0v) is 11.0. The third-order valence-electron chi connectivity index (χ3n) is 3.80. The number of nitrogens with one attached hydrogen (secondary N) is 1. The Labute approximate surface area is 113 Å². The molecule has 4 nitrogen and oxygen atoms in total. The summed E-state index contributed by atoms with van der Waals surface area (Å²) in [6, 6.07) is 5.50. The van der Waals surface area contributed by atoms with Crippen LogP contribution in [0.25, 0.3) is 0 Å². The molecule has 1 N–H and O–H groups in total. The van der Waals surface area contributed by atoms with Crippen molar-refractivity contribution >= 4 is 5.78 Å². The average Bonchev–Trinajstić information content (AvgIpc) is 2.48. The SMILES string of the molecule is O=C(CC1CCNCC1)c1ccc2c(c1)OCCO2. The predicted molar refractivity (Wildman–Crippen MR) is 72.0 cm³/mol. The van der Waals surface area contributed by atoms with E-state index in [0.717, 1.165) is 37.2 Å². The Kier molecular flexibility index (Phi) is 3.69. The van der Waals surface area contributed by atoms with E-state index in [1.165, 1.54) is 0 Å². The van der Waals surface area contributed by atoms with Gasteiger partial charge in [-0.2, -0.15) is 0 Å². The van der Waals surface area contributed by atoms with Crippen LogP contribution < -0.4 is 14.8 Å². The lowest BCUT2D eigenvalue weighted by Crippen LogP contribution is -2.28. The highest BCUT2D eigenvalue weighted by atomic mass is 16.6. The van der Waals surface area contributed by atoms with Gasteiger partial charge in [0.2, 0.25) is 0 Å². The van der Waals surface area contributed by atoms with Gasteiger partial charge >= 0.3 is 0 Å². The molecule has 0 atom stereocenters. The number of benzene rings is 1.